The molecule has 1 heterocycles. The van der Waals surface area contributed by atoms with Crippen molar-refractivity contribution >= 4 is 33.3 Å². The Morgan fingerprint density at radius 3 is 2.25 bits per heavy atom. The average molecular weight is 725 g/mol. The van der Waals surface area contributed by atoms with Crippen LogP contribution in [0.25, 0.3) is 5.57 Å². The predicted molar refractivity (Wildman–Crippen MR) is 202 cm³/mol. The Morgan fingerprint density at radius 1 is 1.04 bits per heavy atom. The van der Waals surface area contributed by atoms with E-state index in [4.69, 9.17) is 9.47 Å². The first-order valence-corrected chi connectivity index (χ1v) is 19.2. The van der Waals surface area contributed by atoms with Crippen molar-refractivity contribution in [2.75, 3.05) is 57.9 Å². The van der Waals surface area contributed by atoms with Crippen molar-refractivity contribution in [3.05, 3.63) is 87.6 Å². The zero-order valence-corrected chi connectivity index (χ0v) is 32.7. The van der Waals surface area contributed by atoms with Crippen molar-refractivity contribution < 1.29 is 36.9 Å². The predicted octanol–water partition coefficient (Wildman–Crippen LogP) is 4.31. The zero-order valence-electron chi connectivity index (χ0n) is 31.9. The molecule has 0 saturated heterocycles. The van der Waals surface area contributed by atoms with Gasteiger partial charge in [-0.1, -0.05) is 18.2 Å². The molecule has 3 N–H and O–H groups in total. The fraction of sp³-hybridized carbons (Fsp3) is 0.487. The van der Waals surface area contributed by atoms with E-state index in [-0.39, 0.29) is 18.9 Å². The van der Waals surface area contributed by atoms with Gasteiger partial charge >= 0.3 is 5.97 Å². The third-order valence-corrected chi connectivity index (χ3v) is 9.56. The number of fused-ring (bicyclic) bond motifs is 2. The lowest BCUT2D eigenvalue weighted by atomic mass is 9.82. The number of esters is 1. The van der Waals surface area contributed by atoms with E-state index in [9.17, 15) is 22.6 Å². The number of benzene rings is 2. The first kappa shape index (κ1) is 41.3. The summed E-state index contributed by atoms with van der Waals surface area (Å²) < 4.78 is 45.0. The summed E-state index contributed by atoms with van der Waals surface area (Å²) in [6.45, 7) is 19.9. The number of ether oxygens (including phenoxy) is 2. The van der Waals surface area contributed by atoms with Crippen LogP contribution in [0.5, 0.6) is 5.75 Å². The molecule has 2 aliphatic rings. The summed E-state index contributed by atoms with van der Waals surface area (Å²) in [4.78, 5) is 29.4. The van der Waals surface area contributed by atoms with Crippen molar-refractivity contribution in [2.24, 2.45) is 0 Å². The van der Waals surface area contributed by atoms with Gasteiger partial charge in [0.2, 0.25) is 0 Å². The number of likely N-dealkylation sites (N-methyl/N-ethyl adjacent to an activating group) is 1. The van der Waals surface area contributed by atoms with Gasteiger partial charge in [-0.2, -0.15) is 0 Å². The highest BCUT2D eigenvalue weighted by atomic mass is 32.2. The molecule has 11 nitrogen and oxygen atoms in total. The number of hydrogen-bond donors (Lipinski definition) is 3. The Morgan fingerprint density at radius 2 is 1.69 bits per heavy atom. The molecular weight excluding hydrogens is 669 g/mol. The average Bonchev–Trinajstić information content (AvgIpc) is 3.05. The lowest BCUT2D eigenvalue weighted by Crippen LogP contribution is -3.11. The fourth-order valence-corrected chi connectivity index (χ4v) is 6.57. The van der Waals surface area contributed by atoms with Gasteiger partial charge in [-0.25, -0.2) is 8.42 Å². The Kier molecular flexibility index (Phi) is 14.5. The van der Waals surface area contributed by atoms with Crippen LogP contribution in [0.2, 0.25) is 0 Å². The van der Waals surface area contributed by atoms with Crippen molar-refractivity contribution in [3.8, 4) is 5.75 Å². The number of quaternary nitrogens is 1. The van der Waals surface area contributed by atoms with E-state index in [1.165, 1.54) is 24.5 Å². The first-order valence-electron chi connectivity index (χ1n) is 17.6. The van der Waals surface area contributed by atoms with Crippen LogP contribution in [0.4, 0.5) is 5.69 Å². The molecule has 1 aliphatic carbocycles. The van der Waals surface area contributed by atoms with E-state index in [2.05, 4.69) is 31.4 Å². The number of allylic oxidation sites excluding steroid dienone is 1. The Hall–Kier alpha value is -4.13. The smallest absolute Gasteiger partial charge is 0.326 e. The molecule has 0 spiro atoms. The number of rotatable bonds is 13. The maximum absolute atomic E-state index is 13.8. The number of aryl methyl sites for hydroxylation is 1. The third-order valence-electron chi connectivity index (χ3n) is 8.78. The lowest BCUT2D eigenvalue weighted by molar-refractivity contribution is -0.894. The summed E-state index contributed by atoms with van der Waals surface area (Å²) in [7, 11) is -0.876. The van der Waals surface area contributed by atoms with E-state index >= 15 is 0 Å². The lowest BCUT2D eigenvalue weighted by Gasteiger charge is -2.34. The quantitative estimate of drug-likeness (QED) is 0.157. The summed E-state index contributed by atoms with van der Waals surface area (Å²) in [6, 6.07) is 11.3. The van der Waals surface area contributed by atoms with Crippen LogP contribution in [0.15, 0.2) is 65.4 Å². The number of anilines is 1. The van der Waals surface area contributed by atoms with Gasteiger partial charge in [-0.05, 0) is 103 Å². The van der Waals surface area contributed by atoms with Crippen molar-refractivity contribution in [1.82, 2.24) is 10.2 Å². The van der Waals surface area contributed by atoms with Crippen molar-refractivity contribution in [3.63, 3.8) is 0 Å². The molecule has 0 fully saturated rings. The Bertz CT molecular complexity index is 1760. The van der Waals surface area contributed by atoms with Crippen molar-refractivity contribution in [2.45, 2.75) is 73.5 Å². The van der Waals surface area contributed by atoms with Crippen molar-refractivity contribution in [1.29, 1.82) is 0 Å². The molecule has 2 aromatic carbocycles. The Labute approximate surface area is 304 Å². The van der Waals surface area contributed by atoms with Crippen LogP contribution in [0.3, 0.4) is 0 Å². The largest absolute Gasteiger partial charge is 0.748 e. The maximum Gasteiger partial charge on any atom is 0.326 e. The molecule has 1 aliphatic heterocycles. The summed E-state index contributed by atoms with van der Waals surface area (Å²) in [5.41, 5.74) is 6.54. The van der Waals surface area contributed by atoms with Crippen LogP contribution in [0, 0.1) is 6.92 Å². The van der Waals surface area contributed by atoms with Gasteiger partial charge in [0.25, 0.3) is 5.91 Å². The number of carbonyl (C=O) groups excluding carboxylic acids is 2. The highest BCUT2D eigenvalue weighted by molar-refractivity contribution is 7.85. The molecule has 280 valence electrons. The zero-order chi connectivity index (χ0) is 38.1. The minimum Gasteiger partial charge on any atom is -0.748 e. The van der Waals surface area contributed by atoms with Crippen LogP contribution in [0.1, 0.15) is 81.9 Å². The van der Waals surface area contributed by atoms with Crippen LogP contribution < -0.4 is 20.3 Å². The second kappa shape index (κ2) is 17.9. The van der Waals surface area contributed by atoms with Gasteiger partial charge in [0.1, 0.15) is 24.0 Å². The molecule has 0 bridgehead atoms. The number of hydrogen-bond acceptors (Lipinski definition) is 9. The third kappa shape index (κ3) is 11.4. The van der Waals surface area contributed by atoms with Crippen LogP contribution >= 0.6 is 0 Å². The summed E-state index contributed by atoms with van der Waals surface area (Å²) >= 11 is 0. The highest BCUT2D eigenvalue weighted by Gasteiger charge is 2.33. The fourth-order valence-electron chi connectivity index (χ4n) is 6.07. The second-order valence-electron chi connectivity index (χ2n) is 13.8. The van der Waals surface area contributed by atoms with Gasteiger partial charge in [-0.3, -0.25) is 9.59 Å². The van der Waals surface area contributed by atoms with E-state index in [1.54, 1.807) is 44.9 Å². The topological polar surface area (TPSA) is 142 Å². The second-order valence-corrected chi connectivity index (χ2v) is 15.4. The molecule has 0 saturated carbocycles. The first-order chi connectivity index (χ1) is 23.9. The monoisotopic (exact) mass is 724 g/mol. The molecule has 12 heteroatoms. The molecule has 4 rings (SSSR count). The Balaban J connectivity index is 0.000000908. The molecule has 0 aromatic heterocycles. The number of nitrogens with zero attached hydrogens (tertiary/aromatic N) is 1. The van der Waals surface area contributed by atoms with E-state index in [0.717, 1.165) is 39.2 Å². The van der Waals surface area contributed by atoms with Gasteiger partial charge in [0.15, 0.2) is 0 Å². The van der Waals surface area contributed by atoms with E-state index < -0.39 is 33.5 Å². The minimum absolute atomic E-state index is 0.176. The van der Waals surface area contributed by atoms with Crippen LogP contribution in [-0.4, -0.2) is 94.0 Å². The molecule has 1 amide bonds. The van der Waals surface area contributed by atoms with Gasteiger partial charge in [0.05, 0.1) is 29.8 Å². The molecule has 2 aromatic rings. The van der Waals surface area contributed by atoms with Gasteiger partial charge in [0, 0.05) is 66.1 Å². The summed E-state index contributed by atoms with van der Waals surface area (Å²) in [5.74, 6) is -0.634. The standard InChI is InChI=1S/C33H41N3O7S.C6H15N/c1-20-15-24-28(17-26(20)34-6)42-29-18-27(35-13-10-14-44(39,40)41)21(2)16-25(29)31(24)22-11-8-9-12-23(22)32(38)36(7)19-30(37)43-33(3,4)5;1-4-7(5-2)6-3/h8-9,11-12,15-18,29,34-35H,10,13-14,19H2,1-7H3,(H,39,40,41);4-6H2,1-3H3. The number of amides is 1. The number of nitrogens with one attached hydrogen (secondary N) is 3. The SMILES string of the molecule is CC[NH+](CC)CC.CNc1cc2c(cc1C)C(c1ccccc1C(=O)N(C)CC(=O)OC(C)(C)C)=C1C=C(C)C(NCCCS(=O)(=O)[O-])=CC1O2. The van der Waals surface area contributed by atoms with Crippen LogP contribution in [-0.2, 0) is 19.6 Å². The minimum atomic E-state index is -4.29. The number of carbonyl (C=O) groups is 2. The molecule has 1 unspecified atom stereocenters. The molecular formula is C39H56N4O7S. The molecule has 51 heavy (non-hydrogen) atoms. The van der Waals surface area contributed by atoms with E-state index in [0.29, 0.717) is 23.4 Å². The maximum atomic E-state index is 13.8. The van der Waals surface area contributed by atoms with E-state index in [1.807, 2.05) is 57.3 Å². The normalized spacial score (nSPS) is 15.3. The summed E-state index contributed by atoms with van der Waals surface area (Å²) in [6.07, 6.45) is 3.59. The molecule has 0 radical (unpaired) electrons. The van der Waals surface area contributed by atoms with Gasteiger partial charge < -0.3 is 34.5 Å². The summed E-state index contributed by atoms with van der Waals surface area (Å²) in [5, 5.41) is 6.43. The molecule has 1 atom stereocenters. The van der Waals surface area contributed by atoms with Gasteiger partial charge in [-0.15, -0.1) is 0 Å². The highest BCUT2D eigenvalue weighted by Crippen LogP contribution is 2.45.